The zero-order valence-corrected chi connectivity index (χ0v) is 8.86. The lowest BCUT2D eigenvalue weighted by Gasteiger charge is -2.08. The molecule has 0 spiro atoms. The molecule has 0 atom stereocenters. The van der Waals surface area contributed by atoms with Gasteiger partial charge in [-0.05, 0) is 23.6 Å². The summed E-state index contributed by atoms with van der Waals surface area (Å²) in [5, 5.41) is 10.4. The van der Waals surface area contributed by atoms with Crippen LogP contribution in [0.5, 0.6) is 0 Å². The highest BCUT2D eigenvalue weighted by Crippen LogP contribution is 2.27. The number of nitrogens with one attached hydrogen (secondary N) is 1. The second-order valence-electron chi connectivity index (χ2n) is 3.86. The minimum atomic E-state index is 0.483. The maximum absolute atomic E-state index is 5.90. The number of rotatable bonds is 2. The number of aromatic nitrogens is 3. The van der Waals surface area contributed by atoms with Crippen LogP contribution in [0.4, 0.5) is 5.69 Å². The molecule has 0 amide bonds. The fourth-order valence-corrected chi connectivity index (χ4v) is 1.49. The Hall–Kier alpha value is -1.84. The summed E-state index contributed by atoms with van der Waals surface area (Å²) in [5.74, 6) is 0.483. The summed E-state index contributed by atoms with van der Waals surface area (Å²) in [7, 11) is 0. The molecule has 0 saturated heterocycles. The Kier molecular flexibility index (Phi) is 2.41. The smallest absolute Gasteiger partial charge is 0.114 e. The molecule has 78 valence electrons. The summed E-state index contributed by atoms with van der Waals surface area (Å²) < 4.78 is 0. The zero-order chi connectivity index (χ0) is 10.8. The van der Waals surface area contributed by atoms with Gasteiger partial charge in [-0.3, -0.25) is 0 Å². The quantitative estimate of drug-likeness (QED) is 0.733. The van der Waals surface area contributed by atoms with Gasteiger partial charge >= 0.3 is 0 Å². The number of benzene rings is 1. The first-order valence-corrected chi connectivity index (χ1v) is 4.94. The van der Waals surface area contributed by atoms with Gasteiger partial charge in [0.15, 0.2) is 0 Å². The molecular weight excluding hydrogens is 188 g/mol. The topological polar surface area (TPSA) is 67.6 Å². The number of anilines is 1. The Balaban J connectivity index is 2.51. The van der Waals surface area contributed by atoms with Gasteiger partial charge < -0.3 is 5.73 Å². The first-order chi connectivity index (χ1) is 7.18. The maximum atomic E-state index is 5.90. The Morgan fingerprint density at radius 2 is 2.13 bits per heavy atom. The molecule has 3 N–H and O–H groups in total. The van der Waals surface area contributed by atoms with Gasteiger partial charge in [0, 0.05) is 11.3 Å². The third kappa shape index (κ3) is 1.83. The highest BCUT2D eigenvalue weighted by molar-refractivity contribution is 5.73. The lowest BCUT2D eigenvalue weighted by molar-refractivity contribution is 0.867. The average molecular weight is 202 g/mol. The van der Waals surface area contributed by atoms with Crippen LogP contribution >= 0.6 is 0 Å². The molecule has 0 aliphatic heterocycles. The molecule has 0 saturated carbocycles. The Morgan fingerprint density at radius 3 is 2.73 bits per heavy atom. The van der Waals surface area contributed by atoms with E-state index in [0.717, 1.165) is 16.9 Å². The molecule has 1 aromatic carbocycles. The predicted molar refractivity (Wildman–Crippen MR) is 60.3 cm³/mol. The lowest BCUT2D eigenvalue weighted by Crippen LogP contribution is -1.94. The van der Waals surface area contributed by atoms with Crippen LogP contribution in [-0.4, -0.2) is 15.4 Å². The van der Waals surface area contributed by atoms with Crippen molar-refractivity contribution in [3.05, 3.63) is 30.0 Å². The van der Waals surface area contributed by atoms with Crippen molar-refractivity contribution in [2.75, 3.05) is 5.73 Å². The number of nitrogens with two attached hydrogens (primary N) is 1. The fraction of sp³-hybridized carbons (Fsp3) is 0.273. The van der Waals surface area contributed by atoms with Crippen molar-refractivity contribution in [1.29, 1.82) is 0 Å². The molecule has 0 fully saturated rings. The largest absolute Gasteiger partial charge is 0.398 e. The lowest BCUT2D eigenvalue weighted by atomic mass is 9.99. The van der Waals surface area contributed by atoms with Crippen LogP contribution in [0, 0.1) is 0 Å². The summed E-state index contributed by atoms with van der Waals surface area (Å²) in [4.78, 5) is 0. The third-order valence-corrected chi connectivity index (χ3v) is 2.43. The van der Waals surface area contributed by atoms with E-state index in [1.807, 2.05) is 12.1 Å². The van der Waals surface area contributed by atoms with Crippen LogP contribution in [0.3, 0.4) is 0 Å². The molecule has 15 heavy (non-hydrogen) atoms. The van der Waals surface area contributed by atoms with Crippen LogP contribution in [-0.2, 0) is 0 Å². The summed E-state index contributed by atoms with van der Waals surface area (Å²) in [5.41, 5.74) is 9.61. The van der Waals surface area contributed by atoms with Crippen molar-refractivity contribution in [2.24, 2.45) is 0 Å². The molecule has 0 radical (unpaired) electrons. The van der Waals surface area contributed by atoms with Crippen molar-refractivity contribution in [2.45, 2.75) is 19.8 Å². The molecule has 1 aromatic heterocycles. The predicted octanol–water partition coefficient (Wildman–Crippen LogP) is 2.18. The van der Waals surface area contributed by atoms with Gasteiger partial charge in [0.05, 0.1) is 6.20 Å². The van der Waals surface area contributed by atoms with Crippen LogP contribution in [0.25, 0.3) is 11.3 Å². The average Bonchev–Trinajstić information content (AvgIpc) is 2.71. The molecule has 2 rings (SSSR count). The minimum Gasteiger partial charge on any atom is -0.398 e. The van der Waals surface area contributed by atoms with E-state index >= 15 is 0 Å². The zero-order valence-electron chi connectivity index (χ0n) is 8.86. The normalized spacial score (nSPS) is 10.9. The number of aromatic amines is 1. The molecule has 0 aliphatic rings. The summed E-state index contributed by atoms with van der Waals surface area (Å²) >= 11 is 0. The van der Waals surface area contributed by atoms with E-state index in [1.54, 1.807) is 6.20 Å². The van der Waals surface area contributed by atoms with Gasteiger partial charge in [-0.1, -0.05) is 19.9 Å². The van der Waals surface area contributed by atoms with Gasteiger partial charge in [-0.2, -0.15) is 15.4 Å². The van der Waals surface area contributed by atoms with Crippen LogP contribution in [0.15, 0.2) is 24.4 Å². The Labute approximate surface area is 88.5 Å². The van der Waals surface area contributed by atoms with Gasteiger partial charge in [0.2, 0.25) is 0 Å². The van der Waals surface area contributed by atoms with Crippen molar-refractivity contribution in [1.82, 2.24) is 15.4 Å². The minimum absolute atomic E-state index is 0.483. The van der Waals surface area contributed by atoms with Crippen molar-refractivity contribution >= 4 is 5.69 Å². The van der Waals surface area contributed by atoms with E-state index in [1.165, 1.54) is 5.56 Å². The Morgan fingerprint density at radius 1 is 1.33 bits per heavy atom. The third-order valence-electron chi connectivity index (χ3n) is 2.43. The first-order valence-electron chi connectivity index (χ1n) is 4.94. The van der Waals surface area contributed by atoms with E-state index in [-0.39, 0.29) is 0 Å². The highest BCUT2D eigenvalue weighted by Gasteiger charge is 2.08. The molecule has 0 aliphatic carbocycles. The van der Waals surface area contributed by atoms with E-state index in [9.17, 15) is 0 Å². The van der Waals surface area contributed by atoms with Crippen molar-refractivity contribution in [3.8, 4) is 11.3 Å². The maximum Gasteiger partial charge on any atom is 0.114 e. The second kappa shape index (κ2) is 3.73. The molecule has 2 aromatic rings. The number of nitrogen functional groups attached to an aromatic ring is 1. The summed E-state index contributed by atoms with van der Waals surface area (Å²) in [6.45, 7) is 4.30. The van der Waals surface area contributed by atoms with Crippen molar-refractivity contribution in [3.63, 3.8) is 0 Å². The first kappa shape index (κ1) is 9.71. The van der Waals surface area contributed by atoms with E-state index in [0.29, 0.717) is 5.92 Å². The number of hydrogen-bond acceptors (Lipinski definition) is 3. The standard InChI is InChI=1S/C11H14N4/c1-7(2)8-3-4-10(12)9(5-8)11-6-13-15-14-11/h3-7H,12H2,1-2H3,(H,13,14,15). The highest BCUT2D eigenvalue weighted by atomic mass is 15.3. The van der Waals surface area contributed by atoms with E-state index in [2.05, 4.69) is 35.3 Å². The number of H-pyrrole nitrogens is 1. The Bertz CT molecular complexity index is 446. The van der Waals surface area contributed by atoms with Gasteiger partial charge in [0.25, 0.3) is 0 Å². The molecule has 0 unspecified atom stereocenters. The fourth-order valence-electron chi connectivity index (χ4n) is 1.49. The monoisotopic (exact) mass is 202 g/mol. The second-order valence-corrected chi connectivity index (χ2v) is 3.86. The van der Waals surface area contributed by atoms with Crippen molar-refractivity contribution < 1.29 is 0 Å². The van der Waals surface area contributed by atoms with E-state index in [4.69, 9.17) is 5.73 Å². The summed E-state index contributed by atoms with van der Waals surface area (Å²) in [6.07, 6.45) is 1.68. The molecule has 1 heterocycles. The molecular formula is C11H14N4. The van der Waals surface area contributed by atoms with Gasteiger partial charge in [-0.15, -0.1) is 0 Å². The van der Waals surface area contributed by atoms with Crippen LogP contribution in [0.1, 0.15) is 25.3 Å². The van der Waals surface area contributed by atoms with Gasteiger partial charge in [-0.25, -0.2) is 0 Å². The van der Waals surface area contributed by atoms with E-state index < -0.39 is 0 Å². The number of hydrogen-bond donors (Lipinski definition) is 2. The van der Waals surface area contributed by atoms with Crippen LogP contribution < -0.4 is 5.73 Å². The van der Waals surface area contributed by atoms with Gasteiger partial charge in [0.1, 0.15) is 5.69 Å². The molecule has 0 bridgehead atoms. The SMILES string of the molecule is CC(C)c1ccc(N)c(-c2cn[nH]n2)c1. The molecule has 4 nitrogen and oxygen atoms in total. The molecule has 4 heteroatoms. The number of nitrogens with zero attached hydrogens (tertiary/aromatic N) is 2. The summed E-state index contributed by atoms with van der Waals surface area (Å²) in [6, 6.07) is 6.03. The van der Waals surface area contributed by atoms with Crippen LogP contribution in [0.2, 0.25) is 0 Å².